The first-order valence-electron chi connectivity index (χ1n) is 9.31. The van der Waals surface area contributed by atoms with Gasteiger partial charge in [-0.15, -0.1) is 12.4 Å². The van der Waals surface area contributed by atoms with Gasteiger partial charge in [-0.2, -0.15) is 0 Å². The molecule has 0 radical (unpaired) electrons. The highest BCUT2D eigenvalue weighted by molar-refractivity contribution is 5.85. The summed E-state index contributed by atoms with van der Waals surface area (Å²) < 4.78 is 5.18. The zero-order valence-corrected chi connectivity index (χ0v) is 16.2. The second-order valence-electron chi connectivity index (χ2n) is 6.69. The van der Waals surface area contributed by atoms with E-state index in [2.05, 4.69) is 29.6 Å². The number of nitrogens with one attached hydrogen (secondary N) is 1. The molecular weight excluding hydrogens is 336 g/mol. The molecule has 4 nitrogen and oxygen atoms in total. The van der Waals surface area contributed by atoms with E-state index in [1.165, 1.54) is 18.4 Å². The van der Waals surface area contributed by atoms with Gasteiger partial charge in [0.05, 0.1) is 6.61 Å². The Morgan fingerprint density at radius 3 is 2.60 bits per heavy atom. The number of carbonyl (C=O) groups excluding carboxylic acids is 1. The van der Waals surface area contributed by atoms with Crippen molar-refractivity contribution in [3.8, 4) is 0 Å². The number of hydrogen-bond acceptors (Lipinski definition) is 3. The molecule has 1 aromatic rings. The van der Waals surface area contributed by atoms with Crippen LogP contribution in [0.25, 0.3) is 0 Å². The highest BCUT2D eigenvalue weighted by atomic mass is 35.5. The maximum absolute atomic E-state index is 12.6. The summed E-state index contributed by atoms with van der Waals surface area (Å²) in [5, 5.41) is 3.38. The van der Waals surface area contributed by atoms with Gasteiger partial charge in [-0.05, 0) is 56.7 Å². The van der Waals surface area contributed by atoms with E-state index in [0.717, 1.165) is 38.9 Å². The zero-order valence-electron chi connectivity index (χ0n) is 15.4. The first-order valence-corrected chi connectivity index (χ1v) is 9.31. The fourth-order valence-corrected chi connectivity index (χ4v) is 3.34. The van der Waals surface area contributed by atoms with Gasteiger partial charge in [0, 0.05) is 26.6 Å². The number of benzene rings is 1. The third-order valence-corrected chi connectivity index (χ3v) is 4.88. The van der Waals surface area contributed by atoms with Crippen molar-refractivity contribution in [3.63, 3.8) is 0 Å². The number of methoxy groups -OCH3 is 1. The summed E-state index contributed by atoms with van der Waals surface area (Å²) in [6.45, 7) is 4.34. The van der Waals surface area contributed by atoms with Crippen molar-refractivity contribution in [2.45, 2.75) is 38.5 Å². The van der Waals surface area contributed by atoms with Crippen LogP contribution in [0.2, 0.25) is 0 Å². The molecule has 1 heterocycles. The largest absolute Gasteiger partial charge is 0.383 e. The topological polar surface area (TPSA) is 41.6 Å². The molecular formula is C20H33ClN2O2. The average Bonchev–Trinajstić information content (AvgIpc) is 2.64. The van der Waals surface area contributed by atoms with E-state index in [1.807, 2.05) is 11.0 Å². The Bertz CT molecular complexity index is 464. The summed E-state index contributed by atoms with van der Waals surface area (Å²) >= 11 is 0. The molecule has 1 N–H and O–H groups in total. The Kier molecular flexibility index (Phi) is 11.5. The maximum Gasteiger partial charge on any atom is 0.222 e. The molecule has 1 amide bonds. The zero-order chi connectivity index (χ0) is 17.0. The van der Waals surface area contributed by atoms with Gasteiger partial charge in [0.15, 0.2) is 0 Å². The van der Waals surface area contributed by atoms with Crippen LogP contribution in [0.4, 0.5) is 0 Å². The standard InChI is InChI=1S/C20H32N2O2.ClH/c1-24-17-16-22(15-5-8-18-6-3-2-4-7-18)20(23)10-9-19-11-13-21-14-12-19;/h2-4,6-7,19,21H,5,8-17H2,1H3;1H. The second-order valence-corrected chi connectivity index (χ2v) is 6.69. The van der Waals surface area contributed by atoms with Gasteiger partial charge in [0.25, 0.3) is 0 Å². The minimum absolute atomic E-state index is 0. The van der Waals surface area contributed by atoms with E-state index in [0.29, 0.717) is 31.4 Å². The van der Waals surface area contributed by atoms with Crippen molar-refractivity contribution in [3.05, 3.63) is 35.9 Å². The lowest BCUT2D eigenvalue weighted by Gasteiger charge is -2.25. The number of halogens is 1. The molecule has 0 aromatic heterocycles. The smallest absolute Gasteiger partial charge is 0.222 e. The normalized spacial score (nSPS) is 14.8. The Morgan fingerprint density at radius 2 is 1.92 bits per heavy atom. The van der Waals surface area contributed by atoms with Gasteiger partial charge in [-0.25, -0.2) is 0 Å². The number of nitrogens with zero attached hydrogens (tertiary/aromatic N) is 1. The molecule has 0 saturated carbocycles. The second kappa shape index (κ2) is 13.2. The Labute approximate surface area is 158 Å². The van der Waals surface area contributed by atoms with Gasteiger partial charge in [0.1, 0.15) is 0 Å². The number of carbonyl (C=O) groups is 1. The van der Waals surface area contributed by atoms with Gasteiger partial charge < -0.3 is 15.0 Å². The number of hydrogen-bond donors (Lipinski definition) is 1. The van der Waals surface area contributed by atoms with Crippen LogP contribution in [-0.4, -0.2) is 50.7 Å². The van der Waals surface area contributed by atoms with Crippen LogP contribution in [0.3, 0.4) is 0 Å². The number of piperidine rings is 1. The molecule has 2 rings (SSSR count). The molecule has 1 aromatic carbocycles. The van der Waals surface area contributed by atoms with Crippen molar-refractivity contribution >= 4 is 18.3 Å². The highest BCUT2D eigenvalue weighted by Gasteiger charge is 2.17. The van der Waals surface area contributed by atoms with Crippen LogP contribution in [0.1, 0.15) is 37.7 Å². The van der Waals surface area contributed by atoms with Crippen molar-refractivity contribution in [2.24, 2.45) is 5.92 Å². The van der Waals surface area contributed by atoms with Crippen LogP contribution in [0, 0.1) is 5.92 Å². The van der Waals surface area contributed by atoms with E-state index in [-0.39, 0.29) is 12.4 Å². The summed E-state index contributed by atoms with van der Waals surface area (Å²) in [6, 6.07) is 10.5. The lowest BCUT2D eigenvalue weighted by Crippen LogP contribution is -2.35. The molecule has 0 aliphatic carbocycles. The summed E-state index contributed by atoms with van der Waals surface area (Å²) in [6.07, 6.45) is 6.15. The van der Waals surface area contributed by atoms with Crippen LogP contribution in [0.15, 0.2) is 30.3 Å². The maximum atomic E-state index is 12.6. The van der Waals surface area contributed by atoms with Crippen molar-refractivity contribution < 1.29 is 9.53 Å². The molecule has 1 aliphatic heterocycles. The van der Waals surface area contributed by atoms with Gasteiger partial charge in [-0.1, -0.05) is 30.3 Å². The van der Waals surface area contributed by atoms with Crippen LogP contribution < -0.4 is 5.32 Å². The Balaban J connectivity index is 0.00000312. The van der Waals surface area contributed by atoms with Crippen LogP contribution in [0.5, 0.6) is 0 Å². The third kappa shape index (κ3) is 8.70. The molecule has 0 unspecified atom stereocenters. The highest BCUT2D eigenvalue weighted by Crippen LogP contribution is 2.18. The van der Waals surface area contributed by atoms with E-state index < -0.39 is 0 Å². The number of ether oxygens (including phenoxy) is 1. The molecule has 1 fully saturated rings. The predicted octanol–water partition coefficient (Wildman–Crippen LogP) is 3.30. The fourth-order valence-electron chi connectivity index (χ4n) is 3.34. The van der Waals surface area contributed by atoms with Crippen LogP contribution in [-0.2, 0) is 16.0 Å². The monoisotopic (exact) mass is 368 g/mol. The van der Waals surface area contributed by atoms with E-state index in [9.17, 15) is 4.79 Å². The first-order chi connectivity index (χ1) is 11.8. The molecule has 1 aliphatic rings. The summed E-state index contributed by atoms with van der Waals surface area (Å²) in [5.74, 6) is 1.00. The molecule has 0 spiro atoms. The predicted molar refractivity (Wildman–Crippen MR) is 105 cm³/mol. The summed E-state index contributed by atoms with van der Waals surface area (Å²) in [5.41, 5.74) is 1.34. The van der Waals surface area contributed by atoms with Crippen molar-refractivity contribution in [1.29, 1.82) is 0 Å². The van der Waals surface area contributed by atoms with Gasteiger partial charge in [-0.3, -0.25) is 4.79 Å². The van der Waals surface area contributed by atoms with Gasteiger partial charge in [0.2, 0.25) is 5.91 Å². The summed E-state index contributed by atoms with van der Waals surface area (Å²) in [7, 11) is 1.70. The Morgan fingerprint density at radius 1 is 1.20 bits per heavy atom. The lowest BCUT2D eigenvalue weighted by atomic mass is 9.93. The fraction of sp³-hybridized carbons (Fsp3) is 0.650. The third-order valence-electron chi connectivity index (χ3n) is 4.88. The quantitative estimate of drug-likeness (QED) is 0.689. The molecule has 25 heavy (non-hydrogen) atoms. The minimum atomic E-state index is 0. The minimum Gasteiger partial charge on any atom is -0.383 e. The SMILES string of the molecule is COCCN(CCCc1ccccc1)C(=O)CCC1CCNCC1.Cl. The molecule has 5 heteroatoms. The Hall–Kier alpha value is -1.10. The van der Waals surface area contributed by atoms with Crippen LogP contribution >= 0.6 is 12.4 Å². The van der Waals surface area contributed by atoms with Crippen molar-refractivity contribution in [2.75, 3.05) is 39.9 Å². The molecule has 0 atom stereocenters. The van der Waals surface area contributed by atoms with Gasteiger partial charge >= 0.3 is 0 Å². The number of amides is 1. The molecule has 1 saturated heterocycles. The summed E-state index contributed by atoms with van der Waals surface area (Å²) in [4.78, 5) is 14.6. The molecule has 142 valence electrons. The van der Waals surface area contributed by atoms with E-state index in [4.69, 9.17) is 4.74 Å². The van der Waals surface area contributed by atoms with E-state index >= 15 is 0 Å². The molecule has 0 bridgehead atoms. The van der Waals surface area contributed by atoms with Crippen molar-refractivity contribution in [1.82, 2.24) is 10.2 Å². The average molecular weight is 369 g/mol. The first kappa shape index (κ1) is 21.9. The number of aryl methyl sites for hydroxylation is 1. The van der Waals surface area contributed by atoms with E-state index in [1.54, 1.807) is 7.11 Å². The number of rotatable bonds is 10. The lowest BCUT2D eigenvalue weighted by molar-refractivity contribution is -0.132.